The summed E-state index contributed by atoms with van der Waals surface area (Å²) in [5.74, 6) is 1.87. The molecule has 4 saturated carbocycles. The largest absolute Gasteiger partial charge is 0.393 e. The second-order valence-electron chi connectivity index (χ2n) is 10.0. The van der Waals surface area contributed by atoms with E-state index in [-0.39, 0.29) is 17.3 Å². The van der Waals surface area contributed by atoms with Gasteiger partial charge in [-0.1, -0.05) is 13.8 Å². The zero-order valence-electron chi connectivity index (χ0n) is 15.7. The quantitative estimate of drug-likeness (QED) is 0.715. The molecule has 8 atom stereocenters. The summed E-state index contributed by atoms with van der Waals surface area (Å²) in [4.78, 5) is 12.4. The summed E-state index contributed by atoms with van der Waals surface area (Å²) >= 11 is 0. The summed E-state index contributed by atoms with van der Waals surface area (Å²) in [6, 6.07) is 0. The summed E-state index contributed by atoms with van der Waals surface area (Å²) in [5, 5.41) is 30.7. The van der Waals surface area contributed by atoms with Crippen LogP contribution >= 0.6 is 0 Å². The molecule has 4 fully saturated rings. The first-order chi connectivity index (χ1) is 11.8. The molecule has 0 saturated heterocycles. The topological polar surface area (TPSA) is 77.8 Å². The Morgan fingerprint density at radius 2 is 1.72 bits per heavy atom. The zero-order valence-corrected chi connectivity index (χ0v) is 15.7. The van der Waals surface area contributed by atoms with Crippen molar-refractivity contribution in [2.75, 3.05) is 6.61 Å². The third-order valence-corrected chi connectivity index (χ3v) is 9.39. The molecule has 0 amide bonds. The van der Waals surface area contributed by atoms with Crippen LogP contribution in [0.4, 0.5) is 0 Å². The molecule has 0 heterocycles. The van der Waals surface area contributed by atoms with Crippen LogP contribution in [0.2, 0.25) is 0 Å². The standard InChI is InChI=1S/C21H34O4/c1-19-8-5-14(23)11-13(19)3-4-15-16(19)6-9-20(2)17(15)7-10-21(20,25)18(24)12-22/h13-17,22-23,25H,3-12H2,1-2H3/t13-,14-,15-,16+,17+,19-,20-,21+/m0/s1. The van der Waals surface area contributed by atoms with Crippen molar-refractivity contribution >= 4 is 5.78 Å². The number of hydrogen-bond acceptors (Lipinski definition) is 4. The Kier molecular flexibility index (Phi) is 4.14. The fourth-order valence-electron chi connectivity index (χ4n) is 7.84. The average Bonchev–Trinajstić information content (AvgIpc) is 2.87. The number of hydrogen-bond donors (Lipinski definition) is 3. The van der Waals surface area contributed by atoms with Gasteiger partial charge in [-0.15, -0.1) is 0 Å². The van der Waals surface area contributed by atoms with E-state index in [0.29, 0.717) is 35.5 Å². The smallest absolute Gasteiger partial charge is 0.190 e. The number of ketones is 1. The zero-order chi connectivity index (χ0) is 18.0. The Morgan fingerprint density at radius 3 is 2.44 bits per heavy atom. The van der Waals surface area contributed by atoms with Crippen LogP contribution in [-0.2, 0) is 4.79 Å². The number of Topliss-reactive ketones (excluding diaryl/α,β-unsaturated/α-hetero) is 1. The SMILES string of the molecule is C[C@]12CC[C@H](O)C[C@@H]1CC[C@H]1[C@H]2CC[C@@]2(C)[C@@H]1CC[C@@]2(O)C(=O)CO. The minimum absolute atomic E-state index is 0.123. The van der Waals surface area contributed by atoms with Crippen LogP contribution in [0.1, 0.15) is 71.6 Å². The minimum Gasteiger partial charge on any atom is -0.393 e. The third-order valence-electron chi connectivity index (χ3n) is 9.39. The van der Waals surface area contributed by atoms with Crippen molar-refractivity contribution in [1.29, 1.82) is 0 Å². The van der Waals surface area contributed by atoms with Crippen molar-refractivity contribution in [3.8, 4) is 0 Å². The van der Waals surface area contributed by atoms with E-state index in [1.165, 1.54) is 12.8 Å². The van der Waals surface area contributed by atoms with Crippen LogP contribution in [-0.4, -0.2) is 39.4 Å². The second kappa shape index (κ2) is 5.77. The van der Waals surface area contributed by atoms with Gasteiger partial charge in [0, 0.05) is 5.41 Å². The molecule has 4 heteroatoms. The lowest BCUT2D eigenvalue weighted by Gasteiger charge is -2.61. The van der Waals surface area contributed by atoms with Gasteiger partial charge in [-0.2, -0.15) is 0 Å². The number of carbonyl (C=O) groups is 1. The Morgan fingerprint density at radius 1 is 1.00 bits per heavy atom. The summed E-state index contributed by atoms with van der Waals surface area (Å²) in [6.45, 7) is 4.00. The van der Waals surface area contributed by atoms with Crippen molar-refractivity contribution in [1.82, 2.24) is 0 Å². The third kappa shape index (κ3) is 2.26. The minimum atomic E-state index is -1.34. The normalized spacial score (nSPS) is 55.2. The molecule has 0 unspecified atom stereocenters. The van der Waals surface area contributed by atoms with Gasteiger partial charge in [0.15, 0.2) is 5.78 Å². The molecule has 142 valence electrons. The maximum absolute atomic E-state index is 12.4. The van der Waals surface area contributed by atoms with E-state index in [1.54, 1.807) is 0 Å². The van der Waals surface area contributed by atoms with E-state index in [2.05, 4.69) is 13.8 Å². The van der Waals surface area contributed by atoms with Crippen molar-refractivity contribution in [2.45, 2.75) is 83.3 Å². The molecule has 4 rings (SSSR count). The molecule has 4 aliphatic rings. The molecule has 3 N–H and O–H groups in total. The predicted molar refractivity (Wildman–Crippen MR) is 94.8 cm³/mol. The number of fused-ring (bicyclic) bond motifs is 5. The summed E-state index contributed by atoms with van der Waals surface area (Å²) in [7, 11) is 0. The number of aliphatic hydroxyl groups is 3. The number of rotatable bonds is 2. The van der Waals surface area contributed by atoms with Crippen LogP contribution in [0.3, 0.4) is 0 Å². The van der Waals surface area contributed by atoms with Crippen molar-refractivity contribution in [2.24, 2.45) is 34.5 Å². The lowest BCUT2D eigenvalue weighted by Crippen LogP contribution is -2.59. The monoisotopic (exact) mass is 350 g/mol. The molecular formula is C21H34O4. The molecule has 0 aromatic heterocycles. The maximum Gasteiger partial charge on any atom is 0.190 e. The first kappa shape index (κ1) is 17.9. The lowest BCUT2D eigenvalue weighted by molar-refractivity contribution is -0.174. The van der Waals surface area contributed by atoms with Crippen LogP contribution < -0.4 is 0 Å². The van der Waals surface area contributed by atoms with E-state index in [4.69, 9.17) is 0 Å². The van der Waals surface area contributed by atoms with Crippen molar-refractivity contribution < 1.29 is 20.1 Å². The van der Waals surface area contributed by atoms with Crippen LogP contribution in [0.15, 0.2) is 0 Å². The van der Waals surface area contributed by atoms with Crippen molar-refractivity contribution in [3.63, 3.8) is 0 Å². The molecule has 25 heavy (non-hydrogen) atoms. The lowest BCUT2D eigenvalue weighted by atomic mass is 9.44. The maximum atomic E-state index is 12.4. The molecule has 0 radical (unpaired) electrons. The molecule has 4 nitrogen and oxygen atoms in total. The van der Waals surface area contributed by atoms with Crippen LogP contribution in [0.25, 0.3) is 0 Å². The molecule has 0 spiro atoms. The van der Waals surface area contributed by atoms with Gasteiger partial charge in [0.05, 0.1) is 6.10 Å². The molecule has 0 bridgehead atoms. The Balaban J connectivity index is 1.63. The molecule has 0 aromatic carbocycles. The Bertz CT molecular complexity index is 562. The molecule has 0 aliphatic heterocycles. The van der Waals surface area contributed by atoms with E-state index in [1.807, 2.05) is 0 Å². The van der Waals surface area contributed by atoms with Crippen molar-refractivity contribution in [3.05, 3.63) is 0 Å². The van der Waals surface area contributed by atoms with Gasteiger partial charge < -0.3 is 15.3 Å². The Labute approximate surface area is 151 Å². The highest BCUT2D eigenvalue weighted by Crippen LogP contribution is 2.68. The first-order valence-corrected chi connectivity index (χ1v) is 10.3. The highest BCUT2D eigenvalue weighted by atomic mass is 16.3. The highest BCUT2D eigenvalue weighted by molar-refractivity contribution is 5.89. The summed E-state index contributed by atoms with van der Waals surface area (Å²) in [5.41, 5.74) is -1.41. The summed E-state index contributed by atoms with van der Waals surface area (Å²) in [6.07, 6.45) is 8.58. The highest BCUT2D eigenvalue weighted by Gasteiger charge is 2.66. The molecular weight excluding hydrogens is 316 g/mol. The number of aliphatic hydroxyl groups excluding tert-OH is 2. The first-order valence-electron chi connectivity index (χ1n) is 10.3. The van der Waals surface area contributed by atoms with E-state index >= 15 is 0 Å². The second-order valence-corrected chi connectivity index (χ2v) is 10.0. The van der Waals surface area contributed by atoms with E-state index in [9.17, 15) is 20.1 Å². The van der Waals surface area contributed by atoms with Crippen LogP contribution in [0.5, 0.6) is 0 Å². The fraction of sp³-hybridized carbons (Fsp3) is 0.952. The fourth-order valence-corrected chi connectivity index (χ4v) is 7.84. The Hall–Kier alpha value is -0.450. The van der Waals surface area contributed by atoms with Crippen LogP contribution in [0, 0.1) is 34.5 Å². The van der Waals surface area contributed by atoms with Gasteiger partial charge in [-0.25, -0.2) is 0 Å². The van der Waals surface area contributed by atoms with Gasteiger partial charge in [-0.3, -0.25) is 4.79 Å². The predicted octanol–water partition coefficient (Wildman–Crippen LogP) is 2.68. The van der Waals surface area contributed by atoms with Gasteiger partial charge in [0.2, 0.25) is 0 Å². The van der Waals surface area contributed by atoms with Gasteiger partial charge >= 0.3 is 0 Å². The van der Waals surface area contributed by atoms with Gasteiger partial charge in [0.25, 0.3) is 0 Å². The summed E-state index contributed by atoms with van der Waals surface area (Å²) < 4.78 is 0. The van der Waals surface area contributed by atoms with E-state index < -0.39 is 12.2 Å². The van der Waals surface area contributed by atoms with Gasteiger partial charge in [0.1, 0.15) is 12.2 Å². The molecule has 0 aromatic rings. The average molecular weight is 350 g/mol. The van der Waals surface area contributed by atoms with Gasteiger partial charge in [-0.05, 0) is 86.9 Å². The number of carbonyl (C=O) groups excluding carboxylic acids is 1. The van der Waals surface area contributed by atoms with E-state index in [0.717, 1.165) is 38.5 Å². The molecule has 4 aliphatic carbocycles.